The van der Waals surface area contributed by atoms with Gasteiger partial charge in [-0.05, 0) is 31.0 Å². The molecule has 3 aromatic rings. The number of carbonyl (C=O) groups excluding carboxylic acids is 1. The lowest BCUT2D eigenvalue weighted by Gasteiger charge is -2.19. The number of rotatable bonds is 4. The average molecular weight is 385 g/mol. The highest BCUT2D eigenvalue weighted by Crippen LogP contribution is 2.28. The molecule has 1 aromatic carbocycles. The molecule has 2 aromatic heterocycles. The minimum atomic E-state index is -0.556. The standard InChI is InChI=1S/C19H20FN5O3/c1-11-3-4-12(20)14(9-11)25-10-15(26)16(23-25)19(27)22-13-5-8-28-17(13)18-21-6-7-24(18)2/h3-4,6-7,9-10,13,17,26H,5,8H2,1-2H3,(H,22,27)/t13-,17-/m1/s1. The van der Waals surface area contributed by atoms with E-state index in [0.29, 0.717) is 18.9 Å². The second-order valence-electron chi connectivity index (χ2n) is 6.82. The van der Waals surface area contributed by atoms with Crippen molar-refractivity contribution in [3.05, 3.63) is 59.7 Å². The molecule has 9 heteroatoms. The summed E-state index contributed by atoms with van der Waals surface area (Å²) >= 11 is 0. The molecule has 0 aliphatic carbocycles. The van der Waals surface area contributed by atoms with Crippen LogP contribution in [-0.4, -0.2) is 43.0 Å². The number of nitrogens with zero attached hydrogens (tertiary/aromatic N) is 4. The number of ether oxygens (including phenoxy) is 1. The van der Waals surface area contributed by atoms with Crippen LogP contribution in [0.4, 0.5) is 4.39 Å². The van der Waals surface area contributed by atoms with Gasteiger partial charge in [-0.1, -0.05) is 6.07 Å². The van der Waals surface area contributed by atoms with E-state index in [9.17, 15) is 14.3 Å². The number of benzene rings is 1. The van der Waals surface area contributed by atoms with Gasteiger partial charge in [-0.2, -0.15) is 5.10 Å². The molecule has 3 heterocycles. The Morgan fingerprint density at radius 1 is 1.43 bits per heavy atom. The minimum Gasteiger partial charge on any atom is -0.504 e. The van der Waals surface area contributed by atoms with Gasteiger partial charge in [0.1, 0.15) is 23.4 Å². The quantitative estimate of drug-likeness (QED) is 0.717. The predicted octanol–water partition coefficient (Wildman–Crippen LogP) is 2.02. The fraction of sp³-hybridized carbons (Fsp3) is 0.316. The van der Waals surface area contributed by atoms with Crippen LogP contribution >= 0.6 is 0 Å². The van der Waals surface area contributed by atoms with Crippen molar-refractivity contribution in [3.8, 4) is 11.4 Å². The van der Waals surface area contributed by atoms with Crippen molar-refractivity contribution in [2.75, 3.05) is 6.61 Å². The zero-order valence-electron chi connectivity index (χ0n) is 15.5. The Labute approximate surface area is 160 Å². The second kappa shape index (κ2) is 7.08. The lowest BCUT2D eigenvalue weighted by molar-refractivity contribution is 0.0774. The number of aromatic hydroxyl groups is 1. The van der Waals surface area contributed by atoms with Crippen molar-refractivity contribution in [2.24, 2.45) is 7.05 Å². The number of halogens is 1. The molecule has 28 heavy (non-hydrogen) atoms. The van der Waals surface area contributed by atoms with Gasteiger partial charge in [-0.15, -0.1) is 0 Å². The molecule has 0 saturated carbocycles. The molecular formula is C19H20FN5O3. The smallest absolute Gasteiger partial charge is 0.275 e. The third kappa shape index (κ3) is 3.24. The van der Waals surface area contributed by atoms with Crippen LogP contribution < -0.4 is 5.32 Å². The molecule has 146 valence electrons. The highest BCUT2D eigenvalue weighted by molar-refractivity contribution is 5.95. The molecule has 1 aliphatic heterocycles. The summed E-state index contributed by atoms with van der Waals surface area (Å²) in [6, 6.07) is 4.23. The first-order chi connectivity index (χ1) is 13.4. The summed E-state index contributed by atoms with van der Waals surface area (Å²) in [5, 5.41) is 17.1. The van der Waals surface area contributed by atoms with Gasteiger partial charge >= 0.3 is 0 Å². The fourth-order valence-electron chi connectivity index (χ4n) is 3.33. The largest absolute Gasteiger partial charge is 0.504 e. The SMILES string of the molecule is Cc1ccc(F)c(-n2cc(O)c(C(=O)N[C@@H]3CCO[C@H]3c3nccn3C)n2)c1. The van der Waals surface area contributed by atoms with Gasteiger partial charge in [-0.25, -0.2) is 14.1 Å². The van der Waals surface area contributed by atoms with Crippen molar-refractivity contribution in [2.45, 2.75) is 25.5 Å². The summed E-state index contributed by atoms with van der Waals surface area (Å²) in [6.07, 6.45) is 4.91. The topological polar surface area (TPSA) is 94.2 Å². The Kier molecular flexibility index (Phi) is 4.60. The molecule has 1 saturated heterocycles. The van der Waals surface area contributed by atoms with Crippen LogP contribution in [0.2, 0.25) is 0 Å². The number of amides is 1. The third-order valence-electron chi connectivity index (χ3n) is 4.78. The van der Waals surface area contributed by atoms with E-state index in [1.165, 1.54) is 12.3 Å². The second-order valence-corrected chi connectivity index (χ2v) is 6.82. The van der Waals surface area contributed by atoms with Gasteiger partial charge < -0.3 is 19.7 Å². The van der Waals surface area contributed by atoms with Crippen molar-refractivity contribution in [1.29, 1.82) is 0 Å². The summed E-state index contributed by atoms with van der Waals surface area (Å²) < 4.78 is 22.8. The first-order valence-corrected chi connectivity index (χ1v) is 8.89. The zero-order valence-corrected chi connectivity index (χ0v) is 15.5. The van der Waals surface area contributed by atoms with E-state index in [1.54, 1.807) is 24.5 Å². The van der Waals surface area contributed by atoms with E-state index in [2.05, 4.69) is 15.4 Å². The number of hydrogen-bond acceptors (Lipinski definition) is 5. The van der Waals surface area contributed by atoms with E-state index in [-0.39, 0.29) is 29.3 Å². The van der Waals surface area contributed by atoms with Crippen molar-refractivity contribution in [3.63, 3.8) is 0 Å². The highest BCUT2D eigenvalue weighted by Gasteiger charge is 2.34. The van der Waals surface area contributed by atoms with Crippen LogP contribution in [-0.2, 0) is 11.8 Å². The Morgan fingerprint density at radius 3 is 3.00 bits per heavy atom. The summed E-state index contributed by atoms with van der Waals surface area (Å²) in [4.78, 5) is 17.0. The molecule has 0 radical (unpaired) electrons. The van der Waals surface area contributed by atoms with E-state index < -0.39 is 11.7 Å². The van der Waals surface area contributed by atoms with Gasteiger partial charge in [0.05, 0.1) is 12.2 Å². The maximum Gasteiger partial charge on any atom is 0.275 e. The number of aryl methyl sites for hydroxylation is 2. The lowest BCUT2D eigenvalue weighted by Crippen LogP contribution is -2.37. The maximum atomic E-state index is 14.1. The first kappa shape index (κ1) is 18.2. The van der Waals surface area contributed by atoms with E-state index in [0.717, 1.165) is 10.2 Å². The molecule has 0 spiro atoms. The Morgan fingerprint density at radius 2 is 2.25 bits per heavy atom. The maximum absolute atomic E-state index is 14.1. The number of nitrogens with one attached hydrogen (secondary N) is 1. The summed E-state index contributed by atoms with van der Waals surface area (Å²) in [6.45, 7) is 2.30. The molecule has 1 amide bonds. The monoisotopic (exact) mass is 385 g/mol. The number of hydrogen-bond donors (Lipinski definition) is 2. The van der Waals surface area contributed by atoms with Gasteiger partial charge in [0.15, 0.2) is 11.4 Å². The molecule has 0 unspecified atom stereocenters. The molecule has 2 atom stereocenters. The summed E-state index contributed by atoms with van der Waals surface area (Å²) in [7, 11) is 1.85. The summed E-state index contributed by atoms with van der Waals surface area (Å²) in [5.41, 5.74) is 0.814. The molecule has 1 fully saturated rings. The molecule has 1 aliphatic rings. The normalized spacial score (nSPS) is 19.1. The van der Waals surface area contributed by atoms with Gasteiger partial charge in [0.25, 0.3) is 5.91 Å². The predicted molar refractivity (Wildman–Crippen MR) is 97.7 cm³/mol. The molecular weight excluding hydrogens is 365 g/mol. The first-order valence-electron chi connectivity index (χ1n) is 8.89. The van der Waals surface area contributed by atoms with Crippen LogP contribution in [0.1, 0.15) is 34.4 Å². The van der Waals surface area contributed by atoms with E-state index in [1.807, 2.05) is 18.5 Å². The van der Waals surface area contributed by atoms with Gasteiger partial charge in [0.2, 0.25) is 0 Å². The van der Waals surface area contributed by atoms with E-state index >= 15 is 0 Å². The Bertz CT molecular complexity index is 1030. The van der Waals surface area contributed by atoms with Crippen molar-refractivity contribution >= 4 is 5.91 Å². The molecule has 2 N–H and O–H groups in total. The average Bonchev–Trinajstić information content (AvgIpc) is 3.37. The van der Waals surface area contributed by atoms with Crippen LogP contribution in [0, 0.1) is 12.7 Å². The van der Waals surface area contributed by atoms with Crippen LogP contribution in [0.3, 0.4) is 0 Å². The van der Waals surface area contributed by atoms with Gasteiger partial charge in [-0.3, -0.25) is 4.79 Å². The zero-order chi connectivity index (χ0) is 19.8. The van der Waals surface area contributed by atoms with Crippen LogP contribution in [0.5, 0.6) is 5.75 Å². The Balaban J connectivity index is 1.56. The Hall–Kier alpha value is -3.20. The van der Waals surface area contributed by atoms with Crippen LogP contribution in [0.25, 0.3) is 5.69 Å². The number of carbonyl (C=O) groups is 1. The fourth-order valence-corrected chi connectivity index (χ4v) is 3.33. The third-order valence-corrected chi connectivity index (χ3v) is 4.78. The van der Waals surface area contributed by atoms with E-state index in [4.69, 9.17) is 4.74 Å². The lowest BCUT2D eigenvalue weighted by atomic mass is 10.1. The van der Waals surface area contributed by atoms with Gasteiger partial charge in [0, 0.05) is 26.0 Å². The van der Waals surface area contributed by atoms with Crippen molar-refractivity contribution < 1.29 is 19.0 Å². The number of imidazole rings is 1. The molecule has 4 rings (SSSR count). The highest BCUT2D eigenvalue weighted by atomic mass is 19.1. The summed E-state index contributed by atoms with van der Waals surface area (Å²) in [5.74, 6) is -0.677. The minimum absolute atomic E-state index is 0.157. The van der Waals surface area contributed by atoms with Crippen molar-refractivity contribution in [1.82, 2.24) is 24.6 Å². The van der Waals surface area contributed by atoms with Crippen LogP contribution in [0.15, 0.2) is 36.8 Å². The molecule has 0 bridgehead atoms. The molecule has 8 nitrogen and oxygen atoms in total. The number of aromatic nitrogens is 4.